The highest BCUT2D eigenvalue weighted by atomic mass is 16.3. The Morgan fingerprint density at radius 3 is 2.26 bits per heavy atom. The normalized spacial score (nSPS) is 35.8. The SMILES string of the molecule is Cc1cc(O)c([C@@H]2C[C@@H]3CC[C@]2(C)C3(C)C)cc1C. The van der Waals surface area contributed by atoms with Crippen LogP contribution in [0.5, 0.6) is 5.75 Å². The van der Waals surface area contributed by atoms with E-state index in [1.54, 1.807) is 0 Å². The number of hydrogen-bond donors (Lipinski definition) is 1. The van der Waals surface area contributed by atoms with Gasteiger partial charge in [-0.1, -0.05) is 26.8 Å². The van der Waals surface area contributed by atoms with Crippen LogP contribution in [0.15, 0.2) is 12.1 Å². The number of phenols is 1. The number of rotatable bonds is 1. The summed E-state index contributed by atoms with van der Waals surface area (Å²) in [5.74, 6) is 1.86. The molecule has 19 heavy (non-hydrogen) atoms. The fourth-order valence-electron chi connectivity index (χ4n) is 4.78. The van der Waals surface area contributed by atoms with Crippen LogP contribution >= 0.6 is 0 Å². The molecule has 0 heterocycles. The lowest BCUT2D eigenvalue weighted by molar-refractivity contribution is 0.133. The second-order valence-electron chi connectivity index (χ2n) is 7.66. The Morgan fingerprint density at radius 2 is 1.74 bits per heavy atom. The average molecular weight is 258 g/mol. The maximum atomic E-state index is 10.4. The van der Waals surface area contributed by atoms with Crippen molar-refractivity contribution in [1.29, 1.82) is 0 Å². The Bertz CT molecular complexity index is 529. The Morgan fingerprint density at radius 1 is 1.11 bits per heavy atom. The summed E-state index contributed by atoms with van der Waals surface area (Å²) in [5, 5.41) is 10.4. The second kappa shape index (κ2) is 3.77. The van der Waals surface area contributed by atoms with Gasteiger partial charge in [0.15, 0.2) is 0 Å². The highest BCUT2D eigenvalue weighted by molar-refractivity contribution is 5.45. The molecule has 2 aliphatic rings. The number of aryl methyl sites for hydroxylation is 2. The van der Waals surface area contributed by atoms with E-state index in [0.29, 0.717) is 22.5 Å². The monoisotopic (exact) mass is 258 g/mol. The fourth-order valence-corrected chi connectivity index (χ4v) is 4.78. The molecule has 2 saturated carbocycles. The first-order valence-corrected chi connectivity index (χ1v) is 7.57. The van der Waals surface area contributed by atoms with Gasteiger partial charge in [-0.25, -0.2) is 0 Å². The molecule has 1 aromatic rings. The molecular weight excluding hydrogens is 232 g/mol. The van der Waals surface area contributed by atoms with Crippen molar-refractivity contribution in [3.05, 3.63) is 28.8 Å². The molecule has 0 radical (unpaired) electrons. The van der Waals surface area contributed by atoms with Gasteiger partial charge in [-0.05, 0) is 78.5 Å². The molecule has 0 spiro atoms. The summed E-state index contributed by atoms with van der Waals surface area (Å²) in [4.78, 5) is 0. The molecule has 1 heteroatoms. The molecule has 2 aliphatic carbocycles. The Hall–Kier alpha value is -0.980. The number of hydrogen-bond acceptors (Lipinski definition) is 1. The van der Waals surface area contributed by atoms with Crippen molar-refractivity contribution in [2.75, 3.05) is 0 Å². The van der Waals surface area contributed by atoms with Crippen molar-refractivity contribution in [3.8, 4) is 5.75 Å². The van der Waals surface area contributed by atoms with E-state index >= 15 is 0 Å². The van der Waals surface area contributed by atoms with E-state index in [1.165, 1.54) is 36.0 Å². The quantitative estimate of drug-likeness (QED) is 0.756. The standard InChI is InChI=1S/C18H26O/c1-11-8-14(16(19)9-12(11)2)15-10-13-6-7-18(15,5)17(13,3)4/h8-9,13,15,19H,6-7,10H2,1-5H3/t13-,15-,18-/m0/s1. The minimum Gasteiger partial charge on any atom is -0.508 e. The first kappa shape index (κ1) is 13.0. The minimum atomic E-state index is 0.344. The summed E-state index contributed by atoms with van der Waals surface area (Å²) < 4.78 is 0. The number of fused-ring (bicyclic) bond motifs is 2. The third kappa shape index (κ3) is 1.53. The van der Waals surface area contributed by atoms with E-state index in [4.69, 9.17) is 0 Å². The first-order valence-electron chi connectivity index (χ1n) is 7.57. The molecule has 1 aromatic carbocycles. The molecule has 2 fully saturated rings. The predicted molar refractivity (Wildman–Crippen MR) is 79.6 cm³/mol. The zero-order chi connectivity index (χ0) is 14.0. The molecule has 0 aromatic heterocycles. The second-order valence-corrected chi connectivity index (χ2v) is 7.66. The van der Waals surface area contributed by atoms with E-state index in [9.17, 15) is 5.11 Å². The van der Waals surface area contributed by atoms with Gasteiger partial charge in [0.2, 0.25) is 0 Å². The Labute approximate surface area is 117 Å². The molecule has 104 valence electrons. The van der Waals surface area contributed by atoms with Crippen molar-refractivity contribution in [2.24, 2.45) is 16.7 Å². The van der Waals surface area contributed by atoms with Crippen LogP contribution in [0, 0.1) is 30.6 Å². The van der Waals surface area contributed by atoms with Crippen LogP contribution in [0.1, 0.15) is 62.6 Å². The van der Waals surface area contributed by atoms with E-state index in [2.05, 4.69) is 40.7 Å². The van der Waals surface area contributed by atoms with Gasteiger partial charge in [0.05, 0.1) is 0 Å². The molecule has 0 saturated heterocycles. The van der Waals surface area contributed by atoms with Gasteiger partial charge in [-0.2, -0.15) is 0 Å². The highest BCUT2D eigenvalue weighted by Crippen LogP contribution is 2.71. The van der Waals surface area contributed by atoms with Gasteiger partial charge in [-0.15, -0.1) is 0 Å². The Balaban J connectivity index is 2.08. The smallest absolute Gasteiger partial charge is 0.119 e. The van der Waals surface area contributed by atoms with Crippen molar-refractivity contribution in [1.82, 2.24) is 0 Å². The van der Waals surface area contributed by atoms with Crippen molar-refractivity contribution in [2.45, 2.75) is 59.8 Å². The molecule has 0 amide bonds. The van der Waals surface area contributed by atoms with Crippen molar-refractivity contribution < 1.29 is 5.11 Å². The first-order chi connectivity index (χ1) is 8.77. The third-order valence-corrected chi connectivity index (χ3v) is 6.81. The van der Waals surface area contributed by atoms with Gasteiger partial charge in [0, 0.05) is 0 Å². The predicted octanol–water partition coefficient (Wildman–Crippen LogP) is 4.94. The van der Waals surface area contributed by atoms with Crippen LogP contribution in [0.25, 0.3) is 0 Å². The van der Waals surface area contributed by atoms with E-state index in [0.717, 1.165) is 5.92 Å². The molecule has 3 atom stereocenters. The van der Waals surface area contributed by atoms with Crippen LogP contribution in [0.3, 0.4) is 0 Å². The Kier molecular flexibility index (Phi) is 2.59. The summed E-state index contributed by atoms with van der Waals surface area (Å²) in [6.45, 7) is 11.5. The van der Waals surface area contributed by atoms with Gasteiger partial charge in [0.1, 0.15) is 5.75 Å². The zero-order valence-corrected chi connectivity index (χ0v) is 12.9. The fraction of sp³-hybridized carbons (Fsp3) is 0.667. The van der Waals surface area contributed by atoms with Crippen molar-refractivity contribution >= 4 is 0 Å². The van der Waals surface area contributed by atoms with Crippen LogP contribution in [0.2, 0.25) is 0 Å². The van der Waals surface area contributed by atoms with Crippen LogP contribution < -0.4 is 0 Å². The van der Waals surface area contributed by atoms with Crippen LogP contribution in [-0.4, -0.2) is 5.11 Å². The zero-order valence-electron chi connectivity index (χ0n) is 12.9. The highest BCUT2D eigenvalue weighted by Gasteiger charge is 2.61. The topological polar surface area (TPSA) is 20.2 Å². The molecule has 2 bridgehead atoms. The van der Waals surface area contributed by atoms with E-state index in [-0.39, 0.29) is 0 Å². The number of benzene rings is 1. The lowest BCUT2D eigenvalue weighted by atomic mass is 9.65. The average Bonchev–Trinajstić information content (AvgIpc) is 2.66. The summed E-state index contributed by atoms with van der Waals surface area (Å²) in [7, 11) is 0. The van der Waals surface area contributed by atoms with Gasteiger partial charge in [0.25, 0.3) is 0 Å². The maximum Gasteiger partial charge on any atom is 0.119 e. The van der Waals surface area contributed by atoms with Crippen LogP contribution in [-0.2, 0) is 0 Å². The van der Waals surface area contributed by atoms with Gasteiger partial charge >= 0.3 is 0 Å². The third-order valence-electron chi connectivity index (χ3n) is 6.81. The van der Waals surface area contributed by atoms with Crippen molar-refractivity contribution in [3.63, 3.8) is 0 Å². The molecule has 0 unspecified atom stereocenters. The molecule has 3 rings (SSSR count). The lowest BCUT2D eigenvalue weighted by Crippen LogP contribution is -2.31. The molecule has 1 N–H and O–H groups in total. The number of aromatic hydroxyl groups is 1. The largest absolute Gasteiger partial charge is 0.508 e. The summed E-state index contributed by atoms with van der Waals surface area (Å²) >= 11 is 0. The van der Waals surface area contributed by atoms with Gasteiger partial charge in [-0.3, -0.25) is 0 Å². The maximum absolute atomic E-state index is 10.4. The number of phenolic OH excluding ortho intramolecular Hbond substituents is 1. The molecule has 0 aliphatic heterocycles. The minimum absolute atomic E-state index is 0.344. The van der Waals surface area contributed by atoms with E-state index < -0.39 is 0 Å². The summed E-state index contributed by atoms with van der Waals surface area (Å²) in [5.41, 5.74) is 4.44. The van der Waals surface area contributed by atoms with Gasteiger partial charge < -0.3 is 5.11 Å². The molecular formula is C18H26O. The molecule has 1 nitrogen and oxygen atoms in total. The lowest BCUT2D eigenvalue weighted by Gasteiger charge is -2.40. The van der Waals surface area contributed by atoms with E-state index in [1.807, 2.05) is 6.07 Å². The summed E-state index contributed by atoms with van der Waals surface area (Å²) in [6, 6.07) is 4.18. The van der Waals surface area contributed by atoms with Crippen LogP contribution in [0.4, 0.5) is 0 Å². The summed E-state index contributed by atoms with van der Waals surface area (Å²) in [6.07, 6.45) is 3.92.